The number of anilines is 2. The lowest BCUT2D eigenvalue weighted by Gasteiger charge is -2.18. The van der Waals surface area contributed by atoms with Crippen LogP contribution in [-0.4, -0.2) is 46.2 Å². The Morgan fingerprint density at radius 2 is 1.88 bits per heavy atom. The van der Waals surface area contributed by atoms with Gasteiger partial charge in [0.1, 0.15) is 11.5 Å². The largest absolute Gasteiger partial charge is 0.497 e. The molecule has 1 atom stereocenters. The molecule has 0 spiro atoms. The van der Waals surface area contributed by atoms with E-state index in [1.807, 2.05) is 0 Å². The fourth-order valence-electron chi connectivity index (χ4n) is 4.05. The van der Waals surface area contributed by atoms with E-state index in [2.05, 4.69) is 5.32 Å². The van der Waals surface area contributed by atoms with Crippen LogP contribution in [0.1, 0.15) is 31.7 Å². The molecule has 1 N–H and O–H groups in total. The Bertz CT molecular complexity index is 1190. The van der Waals surface area contributed by atoms with Crippen LogP contribution in [0.4, 0.5) is 11.4 Å². The third-order valence-electron chi connectivity index (χ3n) is 6.15. The molecule has 1 aliphatic heterocycles. The van der Waals surface area contributed by atoms with E-state index in [4.69, 9.17) is 9.47 Å². The molecule has 9 heteroatoms. The summed E-state index contributed by atoms with van der Waals surface area (Å²) in [5.74, 6) is 0.783. The average Bonchev–Trinajstić information content (AvgIpc) is 3.57. The van der Waals surface area contributed by atoms with Crippen molar-refractivity contribution in [2.24, 2.45) is 5.92 Å². The fourth-order valence-corrected chi connectivity index (χ4v) is 5.45. The van der Waals surface area contributed by atoms with Crippen LogP contribution in [-0.2, 0) is 25.8 Å². The zero-order chi connectivity index (χ0) is 23.8. The van der Waals surface area contributed by atoms with Crippen LogP contribution in [0.5, 0.6) is 11.5 Å². The maximum atomic E-state index is 13.2. The van der Waals surface area contributed by atoms with Crippen molar-refractivity contribution in [3.05, 3.63) is 42.0 Å². The van der Waals surface area contributed by atoms with Gasteiger partial charge in [-0.15, -0.1) is 0 Å². The van der Waals surface area contributed by atoms with E-state index in [9.17, 15) is 18.0 Å². The number of nitrogens with one attached hydrogen (secondary N) is 1. The number of nitrogens with zero attached hydrogens (tertiary/aromatic N) is 1. The molecule has 0 saturated heterocycles. The summed E-state index contributed by atoms with van der Waals surface area (Å²) in [6, 6.07) is 9.87. The van der Waals surface area contributed by atoms with Gasteiger partial charge < -0.3 is 19.7 Å². The van der Waals surface area contributed by atoms with Crippen molar-refractivity contribution in [1.29, 1.82) is 0 Å². The number of hydrogen-bond donors (Lipinski definition) is 1. The molecule has 1 fully saturated rings. The summed E-state index contributed by atoms with van der Waals surface area (Å²) >= 11 is 0. The van der Waals surface area contributed by atoms with E-state index in [-0.39, 0.29) is 23.1 Å². The second kappa shape index (κ2) is 9.05. The summed E-state index contributed by atoms with van der Waals surface area (Å²) in [6.45, 7) is 2.10. The number of benzene rings is 2. The number of fused-ring (bicyclic) bond motifs is 1. The molecule has 8 nitrogen and oxygen atoms in total. The number of sulfone groups is 1. The molecule has 2 aliphatic rings. The highest BCUT2D eigenvalue weighted by molar-refractivity contribution is 7.92. The minimum atomic E-state index is -3.74. The van der Waals surface area contributed by atoms with Gasteiger partial charge in [0.05, 0.1) is 30.1 Å². The van der Waals surface area contributed by atoms with Gasteiger partial charge in [-0.3, -0.25) is 9.59 Å². The van der Waals surface area contributed by atoms with Gasteiger partial charge >= 0.3 is 0 Å². The predicted molar refractivity (Wildman–Crippen MR) is 125 cm³/mol. The summed E-state index contributed by atoms with van der Waals surface area (Å²) in [5, 5.41) is 1.78. The highest BCUT2D eigenvalue weighted by atomic mass is 32.2. The topological polar surface area (TPSA) is 102 Å². The lowest BCUT2D eigenvalue weighted by Crippen LogP contribution is -2.30. The fraction of sp³-hybridized carbons (Fsp3) is 0.417. The molecule has 33 heavy (non-hydrogen) atoms. The number of amides is 2. The molecule has 1 heterocycles. The molecule has 1 aliphatic carbocycles. The van der Waals surface area contributed by atoms with E-state index < -0.39 is 21.0 Å². The standard InChI is InChI=1S/C24H28N2O6S/c1-15(12-23(27)25-20-14-18(31-2)6-9-22(20)32-3)33(29,30)19-7-8-21-17(13-19)10-11-26(21)24(28)16-4-5-16/h6-9,13-16H,4-5,10-12H2,1-3H3,(H,25,27)/t15-/m0/s1. The zero-order valence-corrected chi connectivity index (χ0v) is 19.8. The first kappa shape index (κ1) is 23.1. The first-order valence-corrected chi connectivity index (χ1v) is 12.5. The maximum absolute atomic E-state index is 13.2. The summed E-state index contributed by atoms with van der Waals surface area (Å²) in [7, 11) is -0.741. The van der Waals surface area contributed by atoms with Gasteiger partial charge in [-0.1, -0.05) is 0 Å². The molecule has 0 unspecified atom stereocenters. The number of hydrogen-bond acceptors (Lipinski definition) is 6. The number of carbonyl (C=O) groups is 2. The molecular formula is C24H28N2O6S. The molecule has 2 aromatic rings. The Hall–Kier alpha value is -3.07. The molecular weight excluding hydrogens is 444 g/mol. The lowest BCUT2D eigenvalue weighted by molar-refractivity contribution is -0.119. The highest BCUT2D eigenvalue weighted by Gasteiger charge is 2.37. The summed E-state index contributed by atoms with van der Waals surface area (Å²) in [5.41, 5.74) is 2.05. The van der Waals surface area contributed by atoms with E-state index in [1.54, 1.807) is 35.2 Å². The number of ether oxygens (including phenoxy) is 2. The zero-order valence-electron chi connectivity index (χ0n) is 19.0. The molecule has 0 aromatic heterocycles. The van der Waals surface area contributed by atoms with E-state index in [0.717, 1.165) is 24.1 Å². The second-order valence-electron chi connectivity index (χ2n) is 8.48. The van der Waals surface area contributed by atoms with E-state index in [1.165, 1.54) is 27.2 Å². The van der Waals surface area contributed by atoms with Crippen LogP contribution in [0.3, 0.4) is 0 Å². The van der Waals surface area contributed by atoms with Crippen molar-refractivity contribution >= 4 is 33.0 Å². The highest BCUT2D eigenvalue weighted by Crippen LogP contribution is 2.37. The Morgan fingerprint density at radius 3 is 2.55 bits per heavy atom. The van der Waals surface area contributed by atoms with Gasteiger partial charge in [0.15, 0.2) is 9.84 Å². The van der Waals surface area contributed by atoms with Crippen molar-refractivity contribution in [2.75, 3.05) is 31.0 Å². The van der Waals surface area contributed by atoms with Gasteiger partial charge in [0.25, 0.3) is 0 Å². The van der Waals surface area contributed by atoms with Crippen LogP contribution in [0.15, 0.2) is 41.3 Å². The first-order chi connectivity index (χ1) is 15.7. The van der Waals surface area contributed by atoms with Crippen LogP contribution < -0.4 is 19.7 Å². The SMILES string of the molecule is COc1ccc(OC)c(NC(=O)C[C@H](C)S(=O)(=O)c2ccc3c(c2)CCN3C(=O)C2CC2)c1. The monoisotopic (exact) mass is 472 g/mol. The van der Waals surface area contributed by atoms with Gasteiger partial charge in [-0.05, 0) is 62.1 Å². The van der Waals surface area contributed by atoms with Gasteiger partial charge in [0.2, 0.25) is 11.8 Å². The quantitative estimate of drug-likeness (QED) is 0.633. The molecule has 0 radical (unpaired) electrons. The third-order valence-corrected chi connectivity index (χ3v) is 8.29. The number of rotatable bonds is 8. The lowest BCUT2D eigenvalue weighted by atomic mass is 10.2. The smallest absolute Gasteiger partial charge is 0.230 e. The van der Waals surface area contributed by atoms with Crippen LogP contribution in [0.25, 0.3) is 0 Å². The minimum absolute atomic E-state index is 0.112. The predicted octanol–water partition coefficient (Wildman–Crippen LogP) is 3.19. The first-order valence-electron chi connectivity index (χ1n) is 10.9. The van der Waals surface area contributed by atoms with E-state index >= 15 is 0 Å². The Morgan fingerprint density at radius 1 is 1.12 bits per heavy atom. The van der Waals surface area contributed by atoms with Crippen molar-refractivity contribution in [3.63, 3.8) is 0 Å². The molecule has 0 bridgehead atoms. The maximum Gasteiger partial charge on any atom is 0.230 e. The summed E-state index contributed by atoms with van der Waals surface area (Å²) in [6.07, 6.45) is 2.27. The minimum Gasteiger partial charge on any atom is -0.497 e. The van der Waals surface area contributed by atoms with Crippen molar-refractivity contribution in [3.8, 4) is 11.5 Å². The van der Waals surface area contributed by atoms with Crippen LogP contribution in [0, 0.1) is 5.92 Å². The summed E-state index contributed by atoms with van der Waals surface area (Å²) < 4.78 is 36.8. The number of methoxy groups -OCH3 is 2. The second-order valence-corrected chi connectivity index (χ2v) is 10.8. The van der Waals surface area contributed by atoms with Crippen molar-refractivity contribution < 1.29 is 27.5 Å². The van der Waals surface area contributed by atoms with Gasteiger partial charge in [-0.25, -0.2) is 8.42 Å². The molecule has 4 rings (SSSR count). The Kier molecular flexibility index (Phi) is 6.34. The van der Waals surface area contributed by atoms with Crippen LogP contribution >= 0.6 is 0 Å². The van der Waals surface area contributed by atoms with Crippen LogP contribution in [0.2, 0.25) is 0 Å². The van der Waals surface area contributed by atoms with Gasteiger partial charge in [-0.2, -0.15) is 0 Å². The van der Waals surface area contributed by atoms with Crippen molar-refractivity contribution in [2.45, 2.75) is 42.8 Å². The third kappa shape index (κ3) is 4.68. The Balaban J connectivity index is 1.47. The normalized spacial score (nSPS) is 16.2. The number of carbonyl (C=O) groups excluding carboxylic acids is 2. The molecule has 2 amide bonds. The molecule has 2 aromatic carbocycles. The van der Waals surface area contributed by atoms with Crippen molar-refractivity contribution in [1.82, 2.24) is 0 Å². The average molecular weight is 473 g/mol. The Labute approximate surface area is 193 Å². The molecule has 1 saturated carbocycles. The van der Waals surface area contributed by atoms with Gasteiger partial charge in [0, 0.05) is 30.6 Å². The summed E-state index contributed by atoms with van der Waals surface area (Å²) in [4.78, 5) is 27.0. The molecule has 176 valence electrons. The van der Waals surface area contributed by atoms with E-state index in [0.29, 0.717) is 30.2 Å².